The molecule has 0 saturated carbocycles. The summed E-state index contributed by atoms with van der Waals surface area (Å²) in [5.74, 6) is -2.02. The van der Waals surface area contributed by atoms with Gasteiger partial charge in [-0.05, 0) is 65.1 Å². The maximum Gasteiger partial charge on any atom is 0.419 e. The SMILES string of the molecule is COc1cc(-n2nc(-c3c(Cl)cccc3I)[nH]c2=O)ccc1C(=O)Nc1ccc(F)c(C(F)(F)F)c1. The number of methoxy groups -OCH3 is 1. The van der Waals surface area contributed by atoms with Gasteiger partial charge in [-0.15, -0.1) is 5.10 Å². The molecule has 4 aromatic rings. The topological polar surface area (TPSA) is 89.0 Å². The van der Waals surface area contributed by atoms with Gasteiger partial charge < -0.3 is 10.1 Å². The molecule has 0 atom stereocenters. The van der Waals surface area contributed by atoms with Crippen molar-refractivity contribution in [3.8, 4) is 22.8 Å². The smallest absolute Gasteiger partial charge is 0.419 e. The summed E-state index contributed by atoms with van der Waals surface area (Å²) in [6, 6.07) is 11.4. The first-order chi connectivity index (χ1) is 17.0. The summed E-state index contributed by atoms with van der Waals surface area (Å²) in [5.41, 5.74) is -1.60. The molecule has 186 valence electrons. The monoisotopic (exact) mass is 632 g/mol. The number of nitrogens with zero attached hydrogens (tertiary/aromatic N) is 2. The predicted octanol–water partition coefficient (Wildman–Crippen LogP) is 5.90. The Balaban J connectivity index is 1.66. The van der Waals surface area contributed by atoms with Gasteiger partial charge in [0.25, 0.3) is 5.91 Å². The first kappa shape index (κ1) is 25.7. The van der Waals surface area contributed by atoms with E-state index in [2.05, 4.69) is 38.0 Å². The summed E-state index contributed by atoms with van der Waals surface area (Å²) in [7, 11) is 1.28. The number of hydrogen-bond acceptors (Lipinski definition) is 4. The van der Waals surface area contributed by atoms with Crippen LogP contribution in [-0.2, 0) is 6.18 Å². The number of hydrogen-bond donors (Lipinski definition) is 2. The molecule has 4 rings (SSSR count). The summed E-state index contributed by atoms with van der Waals surface area (Å²) in [6.45, 7) is 0. The fourth-order valence-corrected chi connectivity index (χ4v) is 4.53. The van der Waals surface area contributed by atoms with E-state index < -0.39 is 29.2 Å². The Morgan fingerprint density at radius 1 is 1.17 bits per heavy atom. The van der Waals surface area contributed by atoms with Crippen molar-refractivity contribution < 1.29 is 27.1 Å². The highest BCUT2D eigenvalue weighted by atomic mass is 127. The van der Waals surface area contributed by atoms with Crippen LogP contribution < -0.4 is 15.7 Å². The van der Waals surface area contributed by atoms with E-state index in [0.717, 1.165) is 14.3 Å². The minimum atomic E-state index is -4.93. The number of carbonyl (C=O) groups excluding carboxylic acids is 1. The van der Waals surface area contributed by atoms with Crippen molar-refractivity contribution in [3.63, 3.8) is 0 Å². The van der Waals surface area contributed by atoms with Gasteiger partial charge in [-0.2, -0.15) is 17.9 Å². The second-order valence-corrected chi connectivity index (χ2v) is 8.89. The van der Waals surface area contributed by atoms with Crippen molar-refractivity contribution >= 4 is 45.8 Å². The van der Waals surface area contributed by atoms with Crippen molar-refractivity contribution in [2.24, 2.45) is 0 Å². The normalized spacial score (nSPS) is 11.4. The lowest BCUT2D eigenvalue weighted by Crippen LogP contribution is -2.18. The van der Waals surface area contributed by atoms with Crippen molar-refractivity contribution in [1.82, 2.24) is 14.8 Å². The van der Waals surface area contributed by atoms with Gasteiger partial charge in [-0.1, -0.05) is 17.7 Å². The van der Waals surface area contributed by atoms with Crippen LogP contribution in [0.4, 0.5) is 23.2 Å². The number of ether oxygens (including phenoxy) is 1. The molecule has 1 aromatic heterocycles. The third-order valence-corrected chi connectivity index (χ3v) is 6.24. The van der Waals surface area contributed by atoms with Crippen LogP contribution in [0.3, 0.4) is 0 Å². The molecule has 2 N–H and O–H groups in total. The van der Waals surface area contributed by atoms with Crippen molar-refractivity contribution in [2.45, 2.75) is 6.18 Å². The Morgan fingerprint density at radius 2 is 1.92 bits per heavy atom. The summed E-state index contributed by atoms with van der Waals surface area (Å²) in [5, 5.41) is 6.97. The molecule has 0 fully saturated rings. The number of carbonyl (C=O) groups is 1. The van der Waals surface area contributed by atoms with Crippen molar-refractivity contribution in [3.05, 3.63) is 90.6 Å². The van der Waals surface area contributed by atoms with Crippen LogP contribution in [-0.4, -0.2) is 27.8 Å². The number of halogens is 6. The van der Waals surface area contributed by atoms with E-state index in [1.807, 2.05) is 0 Å². The molecular weight excluding hydrogens is 619 g/mol. The lowest BCUT2D eigenvalue weighted by atomic mass is 10.1. The number of benzene rings is 3. The van der Waals surface area contributed by atoms with Crippen molar-refractivity contribution in [2.75, 3.05) is 12.4 Å². The van der Waals surface area contributed by atoms with E-state index in [4.69, 9.17) is 16.3 Å². The van der Waals surface area contributed by atoms with E-state index in [1.54, 1.807) is 18.2 Å². The number of alkyl halides is 3. The van der Waals surface area contributed by atoms with E-state index >= 15 is 0 Å². The van der Waals surface area contributed by atoms with Crippen LogP contribution in [0.2, 0.25) is 5.02 Å². The summed E-state index contributed by atoms with van der Waals surface area (Å²) in [6.07, 6.45) is -4.93. The first-order valence-electron chi connectivity index (χ1n) is 10.00. The first-order valence-corrected chi connectivity index (χ1v) is 11.5. The van der Waals surface area contributed by atoms with Crippen LogP contribution in [0, 0.1) is 9.39 Å². The molecule has 7 nitrogen and oxygen atoms in total. The molecule has 0 radical (unpaired) electrons. The van der Waals surface area contributed by atoms with Crippen LogP contribution in [0.1, 0.15) is 15.9 Å². The summed E-state index contributed by atoms with van der Waals surface area (Å²) < 4.78 is 59.6. The average molecular weight is 633 g/mol. The molecule has 0 aliphatic heterocycles. The van der Waals surface area contributed by atoms with Gasteiger partial charge in [0.15, 0.2) is 5.82 Å². The zero-order valence-electron chi connectivity index (χ0n) is 18.1. The molecule has 0 saturated heterocycles. The average Bonchev–Trinajstić information content (AvgIpc) is 3.20. The fourth-order valence-electron chi connectivity index (χ4n) is 3.35. The predicted molar refractivity (Wildman–Crippen MR) is 133 cm³/mol. The molecule has 0 bridgehead atoms. The van der Waals surface area contributed by atoms with Gasteiger partial charge in [0.05, 0.1) is 34.5 Å². The fraction of sp³-hybridized carbons (Fsp3) is 0.0870. The number of nitrogens with one attached hydrogen (secondary N) is 2. The molecule has 0 aliphatic rings. The molecular formula is C23H14ClF4IN4O3. The maximum absolute atomic E-state index is 13.5. The number of amides is 1. The zero-order chi connectivity index (χ0) is 26.2. The third-order valence-electron chi connectivity index (χ3n) is 5.02. The van der Waals surface area contributed by atoms with Crippen molar-refractivity contribution in [1.29, 1.82) is 0 Å². The number of anilines is 1. The number of aromatic nitrogens is 3. The van der Waals surface area contributed by atoms with E-state index in [9.17, 15) is 27.2 Å². The van der Waals surface area contributed by atoms with Gasteiger partial charge in [-0.25, -0.2) is 9.18 Å². The second kappa shape index (κ2) is 9.93. The molecule has 1 amide bonds. The zero-order valence-corrected chi connectivity index (χ0v) is 21.0. The Hall–Kier alpha value is -3.39. The number of aromatic amines is 1. The van der Waals surface area contributed by atoms with Crippen LogP contribution in [0.15, 0.2) is 59.4 Å². The van der Waals surface area contributed by atoms with Gasteiger partial charge in [0.2, 0.25) is 0 Å². The van der Waals surface area contributed by atoms with E-state index in [-0.39, 0.29) is 28.5 Å². The minimum Gasteiger partial charge on any atom is -0.496 e. The molecule has 0 unspecified atom stereocenters. The Morgan fingerprint density at radius 3 is 2.58 bits per heavy atom. The van der Waals surface area contributed by atoms with Gasteiger partial charge in [0.1, 0.15) is 11.6 Å². The highest BCUT2D eigenvalue weighted by Crippen LogP contribution is 2.34. The van der Waals surface area contributed by atoms with Crippen LogP contribution in [0.5, 0.6) is 5.75 Å². The summed E-state index contributed by atoms with van der Waals surface area (Å²) in [4.78, 5) is 28.0. The minimum absolute atomic E-state index is 0.0203. The van der Waals surface area contributed by atoms with E-state index in [1.165, 1.54) is 25.3 Å². The second-order valence-electron chi connectivity index (χ2n) is 7.32. The standard InChI is InChI=1S/C23H14ClF4IN4O3/c1-36-18-10-12(33-22(35)31-20(32-33)19-15(24)3-2-4-17(19)29)6-7-13(18)21(34)30-11-5-8-16(25)14(9-11)23(26,27)28/h2-10H,1H3,(H,30,34)(H,31,32,35). The van der Waals surface area contributed by atoms with Crippen LogP contribution in [0.25, 0.3) is 17.1 Å². The Labute approximate surface area is 219 Å². The van der Waals surface area contributed by atoms with Gasteiger partial charge in [-0.3, -0.25) is 9.78 Å². The maximum atomic E-state index is 13.5. The molecule has 1 heterocycles. The van der Waals surface area contributed by atoms with Crippen LogP contribution >= 0.6 is 34.2 Å². The molecule has 0 aliphatic carbocycles. The number of rotatable bonds is 5. The molecule has 0 spiro atoms. The Bertz CT molecular complexity index is 1510. The lowest BCUT2D eigenvalue weighted by Gasteiger charge is -2.13. The highest BCUT2D eigenvalue weighted by molar-refractivity contribution is 14.1. The quantitative estimate of drug-likeness (QED) is 0.212. The summed E-state index contributed by atoms with van der Waals surface area (Å²) >= 11 is 8.32. The van der Waals surface area contributed by atoms with E-state index in [0.29, 0.717) is 22.7 Å². The molecule has 3 aromatic carbocycles. The molecule has 13 heteroatoms. The largest absolute Gasteiger partial charge is 0.496 e. The van der Waals surface area contributed by atoms with Gasteiger partial charge in [0, 0.05) is 15.3 Å². The third kappa shape index (κ3) is 5.09. The number of H-pyrrole nitrogens is 1. The highest BCUT2D eigenvalue weighted by Gasteiger charge is 2.34. The Kier molecular flexibility index (Phi) is 7.09. The van der Waals surface area contributed by atoms with Gasteiger partial charge >= 0.3 is 11.9 Å². The molecule has 36 heavy (non-hydrogen) atoms. The lowest BCUT2D eigenvalue weighted by molar-refractivity contribution is -0.139.